The third-order valence-electron chi connectivity index (χ3n) is 4.64. The van der Waals surface area contributed by atoms with Gasteiger partial charge in [-0.05, 0) is 61.7 Å². The molecule has 0 saturated carbocycles. The van der Waals surface area contributed by atoms with E-state index in [0.29, 0.717) is 24.8 Å². The van der Waals surface area contributed by atoms with E-state index in [2.05, 4.69) is 34.5 Å². The zero-order valence-electron chi connectivity index (χ0n) is 13.9. The maximum Gasteiger partial charge on any atom is 0.129 e. The molecule has 1 aliphatic rings. The van der Waals surface area contributed by atoms with Gasteiger partial charge in [0.1, 0.15) is 18.1 Å². The lowest BCUT2D eigenvalue weighted by atomic mass is 9.97. The average molecular weight is 330 g/mol. The predicted molar refractivity (Wildman–Crippen MR) is 93.5 cm³/mol. The van der Waals surface area contributed by atoms with Crippen LogP contribution < -0.4 is 5.32 Å². The third-order valence-corrected chi connectivity index (χ3v) is 4.64. The first kappa shape index (κ1) is 17.0. The molecule has 0 spiro atoms. The predicted octanol–water partition coefficient (Wildman–Crippen LogP) is 2.59. The monoisotopic (exact) mass is 330 g/mol. The van der Waals surface area contributed by atoms with Gasteiger partial charge < -0.3 is 19.9 Å². The van der Waals surface area contributed by atoms with Gasteiger partial charge in [0.15, 0.2) is 0 Å². The van der Waals surface area contributed by atoms with Crippen LogP contribution in [0.15, 0.2) is 40.8 Å². The van der Waals surface area contributed by atoms with Crippen LogP contribution in [0.2, 0.25) is 0 Å². The van der Waals surface area contributed by atoms with Crippen LogP contribution >= 0.6 is 0 Å². The normalized spacial score (nSPS) is 16.4. The van der Waals surface area contributed by atoms with Crippen molar-refractivity contribution < 1.29 is 14.6 Å². The van der Waals surface area contributed by atoms with Crippen molar-refractivity contribution in [3.05, 3.63) is 53.5 Å². The van der Waals surface area contributed by atoms with E-state index in [9.17, 15) is 5.11 Å². The Labute approximate surface area is 142 Å². The molecule has 1 fully saturated rings. The molecule has 2 heterocycles. The van der Waals surface area contributed by atoms with Crippen molar-refractivity contribution in [3.63, 3.8) is 0 Å². The number of furan rings is 1. The Balaban J connectivity index is 1.52. The number of piperidine rings is 1. The van der Waals surface area contributed by atoms with Crippen LogP contribution in [0.5, 0.6) is 0 Å². The lowest BCUT2D eigenvalue weighted by Gasteiger charge is -2.31. The van der Waals surface area contributed by atoms with Gasteiger partial charge in [-0.25, -0.2) is 0 Å². The number of nitrogens with one attached hydrogen (secondary N) is 1. The molecule has 0 amide bonds. The second kappa shape index (κ2) is 8.33. The van der Waals surface area contributed by atoms with E-state index in [4.69, 9.17) is 9.52 Å². The van der Waals surface area contributed by atoms with Crippen LogP contribution in [0.3, 0.4) is 0 Å². The van der Waals surface area contributed by atoms with Crippen LogP contribution in [0.4, 0.5) is 5.69 Å². The molecule has 1 saturated heterocycles. The third kappa shape index (κ3) is 4.60. The number of aliphatic hydroxyl groups excluding tert-OH is 2. The highest BCUT2D eigenvalue weighted by molar-refractivity contribution is 5.45. The second-order valence-corrected chi connectivity index (χ2v) is 6.48. The Morgan fingerprint density at radius 3 is 2.58 bits per heavy atom. The molecule has 5 heteroatoms. The van der Waals surface area contributed by atoms with E-state index < -0.39 is 0 Å². The summed E-state index contributed by atoms with van der Waals surface area (Å²) in [5.41, 5.74) is 2.36. The van der Waals surface area contributed by atoms with Crippen molar-refractivity contribution in [2.75, 3.05) is 25.0 Å². The van der Waals surface area contributed by atoms with Gasteiger partial charge in [0.2, 0.25) is 0 Å². The maximum atomic E-state index is 9.23. The molecule has 0 radical (unpaired) electrons. The van der Waals surface area contributed by atoms with E-state index in [1.165, 1.54) is 5.56 Å². The summed E-state index contributed by atoms with van der Waals surface area (Å²) in [6, 6.07) is 12.1. The van der Waals surface area contributed by atoms with Gasteiger partial charge in [-0.1, -0.05) is 12.1 Å². The van der Waals surface area contributed by atoms with Crippen molar-refractivity contribution >= 4 is 5.69 Å². The van der Waals surface area contributed by atoms with Crippen molar-refractivity contribution in [2.24, 2.45) is 5.92 Å². The molecule has 1 aromatic carbocycles. The number of likely N-dealkylation sites (tertiary alicyclic amines) is 1. The Kier molecular flexibility index (Phi) is 5.91. The average Bonchev–Trinajstić information content (AvgIpc) is 3.09. The zero-order chi connectivity index (χ0) is 16.8. The van der Waals surface area contributed by atoms with Gasteiger partial charge in [-0.15, -0.1) is 0 Å². The molecule has 130 valence electrons. The zero-order valence-corrected chi connectivity index (χ0v) is 13.9. The largest absolute Gasteiger partial charge is 0.462 e. The quantitative estimate of drug-likeness (QED) is 0.728. The summed E-state index contributed by atoms with van der Waals surface area (Å²) in [6.45, 7) is 3.91. The van der Waals surface area contributed by atoms with Gasteiger partial charge in [-0.2, -0.15) is 0 Å². The van der Waals surface area contributed by atoms with Gasteiger partial charge in [0.05, 0.1) is 6.54 Å². The number of rotatable bonds is 7. The van der Waals surface area contributed by atoms with Crippen molar-refractivity contribution in [3.8, 4) is 0 Å². The number of aliphatic hydroxyl groups is 2. The number of hydrogen-bond acceptors (Lipinski definition) is 5. The van der Waals surface area contributed by atoms with Gasteiger partial charge >= 0.3 is 0 Å². The molecule has 2 aromatic rings. The second-order valence-electron chi connectivity index (χ2n) is 6.48. The van der Waals surface area contributed by atoms with Crippen molar-refractivity contribution in [2.45, 2.75) is 32.5 Å². The highest BCUT2D eigenvalue weighted by Gasteiger charge is 2.18. The minimum absolute atomic E-state index is 0.0670. The minimum atomic E-state index is -0.0670. The molecule has 24 heavy (non-hydrogen) atoms. The maximum absolute atomic E-state index is 9.23. The van der Waals surface area contributed by atoms with Crippen LogP contribution in [0, 0.1) is 5.92 Å². The number of nitrogens with zero attached hydrogens (tertiary/aromatic N) is 1. The Bertz CT molecular complexity index is 633. The van der Waals surface area contributed by atoms with Crippen molar-refractivity contribution in [1.29, 1.82) is 0 Å². The number of benzene rings is 1. The summed E-state index contributed by atoms with van der Waals surface area (Å²) in [7, 11) is 0. The molecule has 3 N–H and O–H groups in total. The van der Waals surface area contributed by atoms with Crippen LogP contribution in [0.25, 0.3) is 0 Å². The Morgan fingerprint density at radius 1 is 1.08 bits per heavy atom. The standard InChI is InChI=1S/C19H26N2O3/c22-13-15-6-8-21(9-7-15)12-16-2-1-3-17(10-16)20-11-18-4-5-19(14-23)24-18/h1-5,10,15,20,22-23H,6-9,11-14H2. The molecule has 0 unspecified atom stereocenters. The van der Waals surface area contributed by atoms with Crippen LogP contribution in [-0.2, 0) is 19.7 Å². The summed E-state index contributed by atoms with van der Waals surface area (Å²) in [6.07, 6.45) is 2.17. The van der Waals surface area contributed by atoms with E-state index in [0.717, 1.165) is 43.9 Å². The molecule has 0 bridgehead atoms. The molecule has 1 aromatic heterocycles. The molecule has 0 atom stereocenters. The van der Waals surface area contributed by atoms with E-state index in [1.54, 1.807) is 6.07 Å². The molecule has 0 aliphatic carbocycles. The summed E-state index contributed by atoms with van der Waals surface area (Å²) in [4.78, 5) is 2.45. The summed E-state index contributed by atoms with van der Waals surface area (Å²) in [5, 5.41) is 21.6. The highest BCUT2D eigenvalue weighted by Crippen LogP contribution is 2.20. The first-order valence-electron chi connectivity index (χ1n) is 8.61. The summed E-state index contributed by atoms with van der Waals surface area (Å²) < 4.78 is 5.49. The molecule has 5 nitrogen and oxygen atoms in total. The summed E-state index contributed by atoms with van der Waals surface area (Å²) in [5.74, 6) is 1.88. The fourth-order valence-corrected chi connectivity index (χ4v) is 3.16. The minimum Gasteiger partial charge on any atom is -0.462 e. The Morgan fingerprint density at radius 2 is 1.88 bits per heavy atom. The van der Waals surface area contributed by atoms with Crippen LogP contribution in [-0.4, -0.2) is 34.8 Å². The van der Waals surface area contributed by atoms with Gasteiger partial charge in [0, 0.05) is 18.8 Å². The fraction of sp³-hybridized carbons (Fsp3) is 0.474. The van der Waals surface area contributed by atoms with E-state index in [-0.39, 0.29) is 6.61 Å². The molecule has 1 aliphatic heterocycles. The summed E-state index contributed by atoms with van der Waals surface area (Å²) >= 11 is 0. The first-order chi connectivity index (χ1) is 11.8. The van der Waals surface area contributed by atoms with Gasteiger partial charge in [-0.3, -0.25) is 4.90 Å². The smallest absolute Gasteiger partial charge is 0.129 e. The fourth-order valence-electron chi connectivity index (χ4n) is 3.16. The number of anilines is 1. The van der Waals surface area contributed by atoms with E-state index >= 15 is 0 Å². The molecular formula is C19H26N2O3. The first-order valence-corrected chi connectivity index (χ1v) is 8.61. The molecule has 3 rings (SSSR count). The molecular weight excluding hydrogens is 304 g/mol. The lowest BCUT2D eigenvalue weighted by Crippen LogP contribution is -2.34. The SMILES string of the molecule is OCc1ccc(CNc2cccc(CN3CCC(CO)CC3)c2)o1. The Hall–Kier alpha value is -1.82. The van der Waals surface area contributed by atoms with Crippen molar-refractivity contribution in [1.82, 2.24) is 4.90 Å². The number of hydrogen-bond donors (Lipinski definition) is 3. The highest BCUT2D eigenvalue weighted by atomic mass is 16.4. The van der Waals surface area contributed by atoms with Crippen LogP contribution in [0.1, 0.15) is 29.9 Å². The van der Waals surface area contributed by atoms with Gasteiger partial charge in [0.25, 0.3) is 0 Å². The topological polar surface area (TPSA) is 68.9 Å². The van der Waals surface area contributed by atoms with E-state index in [1.807, 2.05) is 6.07 Å². The lowest BCUT2D eigenvalue weighted by molar-refractivity contribution is 0.127.